The van der Waals surface area contributed by atoms with E-state index in [0.717, 1.165) is 23.1 Å². The van der Waals surface area contributed by atoms with Crippen LogP contribution in [-0.2, 0) is 13.5 Å². The Morgan fingerprint density at radius 1 is 1.60 bits per heavy atom. The number of aromatic nitrogens is 3. The van der Waals surface area contributed by atoms with E-state index in [1.165, 1.54) is 0 Å². The van der Waals surface area contributed by atoms with Crippen LogP contribution in [-0.4, -0.2) is 15.0 Å². The maximum Gasteiger partial charge on any atom is 0.127 e. The first-order chi connectivity index (χ1) is 4.75. The van der Waals surface area contributed by atoms with Gasteiger partial charge in [-0.2, -0.15) is 0 Å². The van der Waals surface area contributed by atoms with E-state index in [1.54, 1.807) is 4.68 Å². The number of rotatable bonds is 2. The molecule has 56 valence electrons. The topological polar surface area (TPSA) is 30.7 Å². The Hall–Kier alpha value is -0.380. The standard InChI is InChI=1S/C6H10BrN3/c1-3-4-5-6(7)10(2)9-8-5/h3-4H2,1-2H3. The van der Waals surface area contributed by atoms with Crippen molar-refractivity contribution in [1.29, 1.82) is 0 Å². The summed E-state index contributed by atoms with van der Waals surface area (Å²) in [4.78, 5) is 0. The highest BCUT2D eigenvalue weighted by atomic mass is 79.9. The van der Waals surface area contributed by atoms with Crippen LogP contribution in [0.15, 0.2) is 4.60 Å². The smallest absolute Gasteiger partial charge is 0.127 e. The summed E-state index contributed by atoms with van der Waals surface area (Å²) in [6.45, 7) is 2.13. The van der Waals surface area contributed by atoms with Crippen LogP contribution < -0.4 is 0 Å². The predicted octanol–water partition coefficient (Wildman–Crippen LogP) is 1.53. The van der Waals surface area contributed by atoms with Gasteiger partial charge in [-0.3, -0.25) is 0 Å². The van der Waals surface area contributed by atoms with Crippen molar-refractivity contribution in [1.82, 2.24) is 15.0 Å². The van der Waals surface area contributed by atoms with Crippen LogP contribution in [0.5, 0.6) is 0 Å². The van der Waals surface area contributed by atoms with Crippen LogP contribution in [0.1, 0.15) is 19.0 Å². The summed E-state index contributed by atoms with van der Waals surface area (Å²) in [7, 11) is 1.87. The third kappa shape index (κ3) is 1.37. The summed E-state index contributed by atoms with van der Waals surface area (Å²) in [6.07, 6.45) is 2.10. The van der Waals surface area contributed by atoms with Crippen LogP contribution in [0.3, 0.4) is 0 Å². The largest absolute Gasteiger partial charge is 0.241 e. The Bertz CT molecular complexity index is 219. The van der Waals surface area contributed by atoms with E-state index in [0.29, 0.717) is 0 Å². The molecule has 0 bridgehead atoms. The molecule has 0 aliphatic carbocycles. The summed E-state index contributed by atoms with van der Waals surface area (Å²) in [5.74, 6) is 0. The van der Waals surface area contributed by atoms with E-state index in [4.69, 9.17) is 0 Å². The van der Waals surface area contributed by atoms with Crippen molar-refractivity contribution in [3.05, 3.63) is 10.3 Å². The minimum absolute atomic E-state index is 0.994. The molecule has 1 heterocycles. The van der Waals surface area contributed by atoms with E-state index in [1.807, 2.05) is 7.05 Å². The van der Waals surface area contributed by atoms with Crippen LogP contribution in [0.2, 0.25) is 0 Å². The molecule has 0 saturated carbocycles. The molecule has 0 amide bonds. The third-order valence-electron chi connectivity index (χ3n) is 1.31. The average Bonchev–Trinajstić information content (AvgIpc) is 2.20. The van der Waals surface area contributed by atoms with Crippen LogP contribution in [0.25, 0.3) is 0 Å². The molecule has 1 aromatic rings. The summed E-state index contributed by atoms with van der Waals surface area (Å²) >= 11 is 3.39. The van der Waals surface area contributed by atoms with Crippen LogP contribution >= 0.6 is 15.9 Å². The van der Waals surface area contributed by atoms with Crippen molar-refractivity contribution in [2.24, 2.45) is 7.05 Å². The molecule has 0 fully saturated rings. The number of hydrogen-bond donors (Lipinski definition) is 0. The van der Waals surface area contributed by atoms with Gasteiger partial charge in [0.25, 0.3) is 0 Å². The minimum atomic E-state index is 0.994. The van der Waals surface area contributed by atoms with Gasteiger partial charge in [0.05, 0.1) is 5.69 Å². The highest BCUT2D eigenvalue weighted by Gasteiger charge is 2.04. The van der Waals surface area contributed by atoms with Crippen molar-refractivity contribution in [3.8, 4) is 0 Å². The fraction of sp³-hybridized carbons (Fsp3) is 0.667. The zero-order chi connectivity index (χ0) is 7.56. The molecule has 1 rings (SSSR count). The second-order valence-corrected chi connectivity index (χ2v) is 2.95. The maximum absolute atomic E-state index is 3.97. The van der Waals surface area contributed by atoms with Gasteiger partial charge < -0.3 is 0 Å². The molecule has 1 aromatic heterocycles. The van der Waals surface area contributed by atoms with Crippen LogP contribution in [0, 0.1) is 0 Å². The van der Waals surface area contributed by atoms with Crippen molar-refractivity contribution >= 4 is 15.9 Å². The second-order valence-electron chi connectivity index (χ2n) is 2.20. The van der Waals surface area contributed by atoms with Gasteiger partial charge in [0.1, 0.15) is 4.60 Å². The molecule has 3 nitrogen and oxygen atoms in total. The monoisotopic (exact) mass is 203 g/mol. The lowest BCUT2D eigenvalue weighted by Crippen LogP contribution is -1.89. The summed E-state index contributed by atoms with van der Waals surface area (Å²) in [5.41, 5.74) is 1.05. The Kier molecular flexibility index (Phi) is 2.43. The van der Waals surface area contributed by atoms with Gasteiger partial charge in [0.15, 0.2) is 0 Å². The Morgan fingerprint density at radius 3 is 2.70 bits per heavy atom. The van der Waals surface area contributed by atoms with Gasteiger partial charge in [0, 0.05) is 7.05 Å². The number of halogens is 1. The van der Waals surface area contributed by atoms with Gasteiger partial charge in [-0.05, 0) is 22.4 Å². The lowest BCUT2D eigenvalue weighted by Gasteiger charge is -1.91. The van der Waals surface area contributed by atoms with E-state index in [-0.39, 0.29) is 0 Å². The Labute approximate surface area is 68.6 Å². The van der Waals surface area contributed by atoms with E-state index in [9.17, 15) is 0 Å². The highest BCUT2D eigenvalue weighted by molar-refractivity contribution is 9.10. The van der Waals surface area contributed by atoms with Gasteiger partial charge in [-0.15, -0.1) is 5.10 Å². The van der Waals surface area contributed by atoms with E-state index >= 15 is 0 Å². The van der Waals surface area contributed by atoms with Gasteiger partial charge in [-0.1, -0.05) is 18.6 Å². The normalized spacial score (nSPS) is 10.3. The zero-order valence-electron chi connectivity index (χ0n) is 6.13. The molecular formula is C6H10BrN3. The van der Waals surface area contributed by atoms with Crippen LogP contribution in [0.4, 0.5) is 0 Å². The lowest BCUT2D eigenvalue weighted by atomic mass is 10.3. The zero-order valence-corrected chi connectivity index (χ0v) is 7.72. The molecule has 0 spiro atoms. The van der Waals surface area contributed by atoms with Crippen molar-refractivity contribution in [2.45, 2.75) is 19.8 Å². The Morgan fingerprint density at radius 2 is 2.30 bits per heavy atom. The molecule has 0 saturated heterocycles. The van der Waals surface area contributed by atoms with E-state index < -0.39 is 0 Å². The van der Waals surface area contributed by atoms with Crippen molar-refractivity contribution < 1.29 is 0 Å². The van der Waals surface area contributed by atoms with Gasteiger partial charge >= 0.3 is 0 Å². The molecule has 0 aliphatic heterocycles. The first-order valence-corrected chi connectivity index (χ1v) is 4.09. The maximum atomic E-state index is 3.97. The molecular weight excluding hydrogens is 194 g/mol. The SMILES string of the molecule is CCCc1nnn(C)c1Br. The predicted molar refractivity (Wildman–Crippen MR) is 42.7 cm³/mol. The third-order valence-corrected chi connectivity index (χ3v) is 2.28. The fourth-order valence-corrected chi connectivity index (χ4v) is 1.13. The molecule has 0 N–H and O–H groups in total. The van der Waals surface area contributed by atoms with E-state index in [2.05, 4.69) is 33.2 Å². The van der Waals surface area contributed by atoms with Crippen molar-refractivity contribution in [2.75, 3.05) is 0 Å². The number of hydrogen-bond acceptors (Lipinski definition) is 2. The molecule has 0 aromatic carbocycles. The average molecular weight is 204 g/mol. The molecule has 10 heavy (non-hydrogen) atoms. The van der Waals surface area contributed by atoms with Crippen molar-refractivity contribution in [3.63, 3.8) is 0 Å². The Balaban J connectivity index is 2.83. The molecule has 0 aliphatic rings. The molecule has 0 radical (unpaired) electrons. The first kappa shape index (κ1) is 7.72. The van der Waals surface area contributed by atoms with Gasteiger partial charge in [0.2, 0.25) is 0 Å². The van der Waals surface area contributed by atoms with Gasteiger partial charge in [-0.25, -0.2) is 4.68 Å². The fourth-order valence-electron chi connectivity index (χ4n) is 0.778. The second kappa shape index (κ2) is 3.14. The number of aryl methyl sites for hydroxylation is 2. The molecule has 0 unspecified atom stereocenters. The quantitative estimate of drug-likeness (QED) is 0.731. The highest BCUT2D eigenvalue weighted by Crippen LogP contribution is 2.13. The first-order valence-electron chi connectivity index (χ1n) is 3.29. The summed E-state index contributed by atoms with van der Waals surface area (Å²) in [6, 6.07) is 0. The molecule has 4 heteroatoms. The summed E-state index contributed by atoms with van der Waals surface area (Å²) in [5, 5.41) is 7.83. The number of nitrogens with zero attached hydrogens (tertiary/aromatic N) is 3. The molecule has 0 atom stereocenters. The summed E-state index contributed by atoms with van der Waals surface area (Å²) < 4.78 is 2.72. The lowest BCUT2D eigenvalue weighted by molar-refractivity contribution is 0.701. The minimum Gasteiger partial charge on any atom is -0.241 e.